The molecule has 0 bridgehead atoms. The van der Waals surface area contributed by atoms with Crippen LogP contribution < -0.4 is 5.73 Å². The molecule has 0 unspecified atom stereocenters. The smallest absolute Gasteiger partial charge is 0.242 e. The Morgan fingerprint density at radius 3 is 2.43 bits per heavy atom. The lowest BCUT2D eigenvalue weighted by atomic mass is 9.90. The number of amides is 1. The molecule has 0 aromatic heterocycles. The molecule has 3 nitrogen and oxygen atoms in total. The summed E-state index contributed by atoms with van der Waals surface area (Å²) < 4.78 is 0. The van der Waals surface area contributed by atoms with Crippen molar-refractivity contribution in [3.8, 4) is 0 Å². The van der Waals surface area contributed by atoms with Crippen molar-refractivity contribution in [2.75, 3.05) is 7.05 Å². The fourth-order valence-electron chi connectivity index (χ4n) is 1.76. The highest BCUT2D eigenvalue weighted by Gasteiger charge is 2.42. The molecule has 14 heavy (non-hydrogen) atoms. The van der Waals surface area contributed by atoms with Gasteiger partial charge in [-0.1, -0.05) is 23.7 Å². The quantitative estimate of drug-likeness (QED) is 0.708. The van der Waals surface area contributed by atoms with Crippen molar-refractivity contribution in [3.63, 3.8) is 0 Å². The molecule has 1 heterocycles. The van der Waals surface area contributed by atoms with Crippen molar-refractivity contribution in [2.24, 2.45) is 5.73 Å². The van der Waals surface area contributed by atoms with Gasteiger partial charge in [-0.25, -0.2) is 0 Å². The van der Waals surface area contributed by atoms with Crippen molar-refractivity contribution < 1.29 is 4.79 Å². The number of nitrogens with zero attached hydrogens (tertiary/aromatic N) is 1. The highest BCUT2D eigenvalue weighted by Crippen LogP contribution is 2.32. The van der Waals surface area contributed by atoms with Crippen LogP contribution in [0.5, 0.6) is 0 Å². The molecular weight excluding hydrogens is 200 g/mol. The number of carbonyl (C=O) groups is 1. The van der Waals surface area contributed by atoms with Crippen LogP contribution in [0.15, 0.2) is 24.3 Å². The second-order valence-corrected chi connectivity index (χ2v) is 3.91. The summed E-state index contributed by atoms with van der Waals surface area (Å²) in [6.07, 6.45) is 0. The van der Waals surface area contributed by atoms with Crippen LogP contribution in [0, 0.1) is 0 Å². The highest BCUT2D eigenvalue weighted by atomic mass is 35.5. The van der Waals surface area contributed by atoms with E-state index in [0.717, 1.165) is 5.56 Å². The Bertz CT molecular complexity index is 351. The molecule has 2 N–H and O–H groups in total. The van der Waals surface area contributed by atoms with Crippen LogP contribution in [0.3, 0.4) is 0 Å². The van der Waals surface area contributed by atoms with Crippen molar-refractivity contribution in [3.05, 3.63) is 34.9 Å². The Morgan fingerprint density at radius 1 is 1.36 bits per heavy atom. The lowest BCUT2D eigenvalue weighted by Crippen LogP contribution is -2.61. The maximum Gasteiger partial charge on any atom is 0.242 e. The van der Waals surface area contributed by atoms with Gasteiger partial charge in [-0.15, -0.1) is 0 Å². The summed E-state index contributed by atoms with van der Waals surface area (Å²) in [5.41, 5.74) is 6.73. The zero-order valence-electron chi connectivity index (χ0n) is 7.77. The molecule has 1 amide bonds. The predicted octanol–water partition coefficient (Wildman–Crippen LogP) is 1.18. The number of rotatable bonds is 1. The summed E-state index contributed by atoms with van der Waals surface area (Å²) in [4.78, 5) is 12.8. The molecule has 4 heteroatoms. The number of hydrogen-bond acceptors (Lipinski definition) is 2. The number of carbonyl (C=O) groups excluding carboxylic acids is 1. The minimum absolute atomic E-state index is 0.000216. The average Bonchev–Trinajstić information content (AvgIpc) is 2.21. The standard InChI is InChI=1S/C10H11ClN2O/c1-13-9(8(12)10(13)14)6-2-4-7(11)5-3-6/h2-5,8-9H,12H2,1H3/t8-,9-/m1/s1. The molecule has 1 aliphatic rings. The van der Waals surface area contributed by atoms with Crippen LogP contribution >= 0.6 is 11.6 Å². The van der Waals surface area contributed by atoms with Gasteiger partial charge in [-0.3, -0.25) is 4.79 Å². The van der Waals surface area contributed by atoms with Crippen molar-refractivity contribution in [2.45, 2.75) is 12.1 Å². The number of benzene rings is 1. The van der Waals surface area contributed by atoms with Gasteiger partial charge in [0, 0.05) is 12.1 Å². The first-order chi connectivity index (χ1) is 6.61. The van der Waals surface area contributed by atoms with Crippen molar-refractivity contribution in [1.29, 1.82) is 0 Å². The number of halogens is 1. The van der Waals surface area contributed by atoms with Crippen LogP contribution in [0.1, 0.15) is 11.6 Å². The number of likely N-dealkylation sites (N-methyl/N-ethyl adjacent to an activating group) is 1. The number of nitrogens with two attached hydrogens (primary N) is 1. The zero-order chi connectivity index (χ0) is 10.3. The van der Waals surface area contributed by atoms with Crippen LogP contribution in [-0.2, 0) is 4.79 Å². The number of likely N-dealkylation sites (tertiary alicyclic amines) is 1. The van der Waals surface area contributed by atoms with E-state index in [-0.39, 0.29) is 11.9 Å². The molecule has 1 aromatic carbocycles. The molecule has 0 aliphatic carbocycles. The van der Waals surface area contributed by atoms with Crippen molar-refractivity contribution in [1.82, 2.24) is 4.90 Å². The van der Waals surface area contributed by atoms with Crippen LogP contribution in [0.4, 0.5) is 0 Å². The SMILES string of the molecule is CN1C(=O)[C@H](N)[C@H]1c1ccc(Cl)cc1. The number of hydrogen-bond donors (Lipinski definition) is 1. The van der Waals surface area contributed by atoms with Gasteiger partial charge in [0.15, 0.2) is 0 Å². The molecule has 2 atom stereocenters. The molecule has 1 saturated heterocycles. The van der Waals surface area contributed by atoms with Gasteiger partial charge in [-0.2, -0.15) is 0 Å². The first-order valence-electron chi connectivity index (χ1n) is 4.39. The maximum absolute atomic E-state index is 11.2. The van der Waals surface area contributed by atoms with E-state index in [1.807, 2.05) is 12.1 Å². The molecule has 0 saturated carbocycles. The summed E-state index contributed by atoms with van der Waals surface area (Å²) in [7, 11) is 1.75. The predicted molar refractivity (Wildman–Crippen MR) is 54.9 cm³/mol. The maximum atomic E-state index is 11.2. The largest absolute Gasteiger partial charge is 0.335 e. The van der Waals surface area contributed by atoms with E-state index in [9.17, 15) is 4.79 Å². The van der Waals surface area contributed by atoms with E-state index < -0.39 is 6.04 Å². The molecule has 2 rings (SSSR count). The topological polar surface area (TPSA) is 46.3 Å². The van der Waals surface area contributed by atoms with E-state index in [0.29, 0.717) is 5.02 Å². The van der Waals surface area contributed by atoms with Gasteiger partial charge >= 0.3 is 0 Å². The minimum atomic E-state index is -0.402. The van der Waals surface area contributed by atoms with Crippen LogP contribution in [0.2, 0.25) is 5.02 Å². The van der Waals surface area contributed by atoms with E-state index in [4.69, 9.17) is 17.3 Å². The Balaban J connectivity index is 2.24. The molecule has 0 radical (unpaired) electrons. The van der Waals surface area contributed by atoms with Gasteiger partial charge < -0.3 is 10.6 Å². The summed E-state index contributed by atoms with van der Waals surface area (Å²) in [5.74, 6) is -0.00931. The third-order valence-corrected chi connectivity index (χ3v) is 2.85. The van der Waals surface area contributed by atoms with Crippen LogP contribution in [-0.4, -0.2) is 23.9 Å². The third-order valence-electron chi connectivity index (χ3n) is 2.60. The Hall–Kier alpha value is -1.06. The fraction of sp³-hybridized carbons (Fsp3) is 0.300. The van der Waals surface area contributed by atoms with E-state index >= 15 is 0 Å². The normalized spacial score (nSPS) is 26.2. The highest BCUT2D eigenvalue weighted by molar-refractivity contribution is 6.30. The third kappa shape index (κ3) is 1.29. The van der Waals surface area contributed by atoms with E-state index in [1.54, 1.807) is 24.1 Å². The summed E-state index contributed by atoms with van der Waals surface area (Å²) in [5, 5.41) is 0.690. The molecule has 0 spiro atoms. The van der Waals surface area contributed by atoms with Gasteiger partial charge in [0.25, 0.3) is 0 Å². The minimum Gasteiger partial charge on any atom is -0.335 e. The Labute approximate surface area is 87.4 Å². The molecule has 1 fully saturated rings. The lowest BCUT2D eigenvalue weighted by molar-refractivity contribution is -0.146. The second-order valence-electron chi connectivity index (χ2n) is 3.47. The van der Waals surface area contributed by atoms with Gasteiger partial charge in [0.1, 0.15) is 6.04 Å². The Morgan fingerprint density at radius 2 is 1.93 bits per heavy atom. The van der Waals surface area contributed by atoms with E-state index in [1.165, 1.54) is 0 Å². The fourth-order valence-corrected chi connectivity index (χ4v) is 1.88. The summed E-state index contributed by atoms with van der Waals surface area (Å²) >= 11 is 5.77. The summed E-state index contributed by atoms with van der Waals surface area (Å²) in [6.45, 7) is 0. The second kappa shape index (κ2) is 3.26. The number of β-lactam (4-membered cyclic amide) rings is 1. The van der Waals surface area contributed by atoms with Gasteiger partial charge in [0.2, 0.25) is 5.91 Å². The average molecular weight is 211 g/mol. The van der Waals surface area contributed by atoms with Crippen molar-refractivity contribution >= 4 is 17.5 Å². The lowest BCUT2D eigenvalue weighted by Gasteiger charge is -2.43. The first kappa shape index (κ1) is 9.49. The van der Waals surface area contributed by atoms with Gasteiger partial charge in [0.05, 0.1) is 6.04 Å². The molecular formula is C10H11ClN2O. The van der Waals surface area contributed by atoms with E-state index in [2.05, 4.69) is 0 Å². The zero-order valence-corrected chi connectivity index (χ0v) is 8.53. The summed E-state index contributed by atoms with van der Waals surface area (Å²) in [6, 6.07) is 7.01. The monoisotopic (exact) mass is 210 g/mol. The molecule has 1 aliphatic heterocycles. The first-order valence-corrected chi connectivity index (χ1v) is 4.77. The molecule has 74 valence electrons. The van der Waals surface area contributed by atoms with Crippen LogP contribution in [0.25, 0.3) is 0 Å². The molecule has 1 aromatic rings. The Kier molecular flexibility index (Phi) is 2.21. The van der Waals surface area contributed by atoms with Gasteiger partial charge in [-0.05, 0) is 17.7 Å².